The van der Waals surface area contributed by atoms with E-state index in [1.165, 1.54) is 0 Å². The number of hydrogen-bond acceptors (Lipinski definition) is 5. The minimum Gasteiger partial charge on any atom is -0.281 e. The Kier molecular flexibility index (Phi) is 3.35. The summed E-state index contributed by atoms with van der Waals surface area (Å²) in [5.74, 6) is -0.582. The van der Waals surface area contributed by atoms with Crippen LogP contribution in [0.15, 0.2) is 0 Å². The Morgan fingerprint density at radius 1 is 1.23 bits per heavy atom. The summed E-state index contributed by atoms with van der Waals surface area (Å²) in [4.78, 5) is 27.2. The molecule has 0 unspecified atom stereocenters. The monoisotopic (exact) mass is 187 g/mol. The highest BCUT2D eigenvalue weighted by Crippen LogP contribution is 2.12. The lowest BCUT2D eigenvalue weighted by Gasteiger charge is -2.20. The van der Waals surface area contributed by atoms with Crippen LogP contribution in [0.4, 0.5) is 0 Å². The van der Waals surface area contributed by atoms with Gasteiger partial charge in [0, 0.05) is 12.8 Å². The van der Waals surface area contributed by atoms with Crippen LogP contribution in [0.1, 0.15) is 12.8 Å². The zero-order chi connectivity index (χ0) is 9.84. The van der Waals surface area contributed by atoms with Gasteiger partial charge in [0.05, 0.1) is 0 Å². The molecule has 1 saturated heterocycles. The third-order valence-electron chi connectivity index (χ3n) is 1.74. The van der Waals surface area contributed by atoms with Gasteiger partial charge in [-0.1, -0.05) is 0 Å². The molecule has 1 aliphatic rings. The zero-order valence-electron chi connectivity index (χ0n) is 7.66. The lowest BCUT2D eigenvalue weighted by molar-refractivity contribution is -0.210. The van der Waals surface area contributed by atoms with E-state index in [1.807, 2.05) is 0 Å². The summed E-state index contributed by atoms with van der Waals surface area (Å²) >= 11 is 0. The fourth-order valence-corrected chi connectivity index (χ4v) is 1.03. The SMILES string of the molecule is CNC(NC)ON1C(=O)CCC1=O. The number of carbonyl (C=O) groups is 2. The average molecular weight is 187 g/mol. The van der Waals surface area contributed by atoms with Crippen molar-refractivity contribution in [1.29, 1.82) is 0 Å². The first kappa shape index (κ1) is 10.1. The van der Waals surface area contributed by atoms with Crippen molar-refractivity contribution in [2.24, 2.45) is 0 Å². The number of imide groups is 1. The maximum Gasteiger partial charge on any atom is 0.254 e. The summed E-state index contributed by atoms with van der Waals surface area (Å²) in [7, 11) is 3.32. The van der Waals surface area contributed by atoms with Crippen molar-refractivity contribution >= 4 is 11.8 Å². The molecule has 0 aromatic heterocycles. The molecule has 1 aliphatic heterocycles. The summed E-state index contributed by atoms with van der Waals surface area (Å²) in [5.41, 5.74) is 0. The highest BCUT2D eigenvalue weighted by molar-refractivity contribution is 6.00. The summed E-state index contributed by atoms with van der Waals surface area (Å²) in [5, 5.41) is 6.28. The zero-order valence-corrected chi connectivity index (χ0v) is 7.66. The third-order valence-corrected chi connectivity index (χ3v) is 1.74. The van der Waals surface area contributed by atoms with Crippen LogP contribution in [0.3, 0.4) is 0 Å². The van der Waals surface area contributed by atoms with E-state index < -0.39 is 6.35 Å². The molecule has 74 valence electrons. The molecule has 0 aromatic rings. The number of amides is 2. The fourth-order valence-electron chi connectivity index (χ4n) is 1.03. The van der Waals surface area contributed by atoms with Crippen molar-refractivity contribution in [1.82, 2.24) is 15.7 Å². The van der Waals surface area contributed by atoms with Gasteiger partial charge in [-0.15, -0.1) is 0 Å². The normalized spacial score (nSPS) is 17.6. The molecule has 0 spiro atoms. The Labute approximate surface area is 76.2 Å². The van der Waals surface area contributed by atoms with Gasteiger partial charge in [-0.2, -0.15) is 5.06 Å². The average Bonchev–Trinajstić information content (AvgIpc) is 2.44. The van der Waals surface area contributed by atoms with Crippen LogP contribution in [-0.4, -0.2) is 37.3 Å². The second kappa shape index (κ2) is 4.31. The van der Waals surface area contributed by atoms with E-state index >= 15 is 0 Å². The van der Waals surface area contributed by atoms with Crippen molar-refractivity contribution in [3.63, 3.8) is 0 Å². The number of rotatable bonds is 4. The first-order chi connectivity index (χ1) is 6.19. The Morgan fingerprint density at radius 3 is 2.08 bits per heavy atom. The molecule has 0 bridgehead atoms. The maximum absolute atomic E-state index is 11.1. The Balaban J connectivity index is 2.51. The minimum atomic E-state index is -0.522. The topological polar surface area (TPSA) is 70.7 Å². The molecule has 0 aliphatic carbocycles. The number of nitrogens with one attached hydrogen (secondary N) is 2. The van der Waals surface area contributed by atoms with E-state index in [9.17, 15) is 9.59 Å². The predicted octanol–water partition coefficient (Wildman–Crippen LogP) is -1.21. The van der Waals surface area contributed by atoms with Gasteiger partial charge in [-0.3, -0.25) is 20.2 Å². The van der Waals surface area contributed by atoms with Crippen molar-refractivity contribution in [3.05, 3.63) is 0 Å². The molecule has 1 rings (SSSR count). The molecule has 6 nitrogen and oxygen atoms in total. The Morgan fingerprint density at radius 2 is 1.69 bits per heavy atom. The molecule has 0 saturated carbocycles. The van der Waals surface area contributed by atoms with Crippen molar-refractivity contribution in [3.8, 4) is 0 Å². The molecule has 0 radical (unpaired) electrons. The van der Waals surface area contributed by atoms with Crippen molar-refractivity contribution < 1.29 is 14.4 Å². The van der Waals surface area contributed by atoms with E-state index in [-0.39, 0.29) is 24.7 Å². The smallest absolute Gasteiger partial charge is 0.254 e. The van der Waals surface area contributed by atoms with Crippen LogP contribution in [-0.2, 0) is 14.4 Å². The van der Waals surface area contributed by atoms with Crippen molar-refractivity contribution in [2.45, 2.75) is 19.2 Å². The van der Waals surface area contributed by atoms with Gasteiger partial charge >= 0.3 is 0 Å². The largest absolute Gasteiger partial charge is 0.281 e. The molecular weight excluding hydrogens is 174 g/mol. The number of carbonyl (C=O) groups excluding carboxylic acids is 2. The summed E-state index contributed by atoms with van der Waals surface area (Å²) < 4.78 is 0. The third kappa shape index (κ3) is 2.24. The van der Waals surface area contributed by atoms with Crippen LogP contribution >= 0.6 is 0 Å². The minimum absolute atomic E-state index is 0.235. The highest BCUT2D eigenvalue weighted by atomic mass is 16.7. The Bertz CT molecular complexity index is 199. The molecule has 2 amide bonds. The molecule has 0 aromatic carbocycles. The van der Waals surface area contributed by atoms with E-state index in [1.54, 1.807) is 14.1 Å². The number of hydroxylamine groups is 2. The molecule has 6 heteroatoms. The molecule has 1 heterocycles. The summed E-state index contributed by atoms with van der Waals surface area (Å²) in [6.07, 6.45) is -0.0520. The van der Waals surface area contributed by atoms with Crippen molar-refractivity contribution in [2.75, 3.05) is 14.1 Å². The molecule has 1 fully saturated rings. The summed E-state index contributed by atoms with van der Waals surface area (Å²) in [6, 6.07) is 0. The predicted molar refractivity (Wildman–Crippen MR) is 44.1 cm³/mol. The maximum atomic E-state index is 11.1. The van der Waals surface area contributed by atoms with Gasteiger partial charge in [-0.05, 0) is 14.1 Å². The Hall–Kier alpha value is -0.980. The molecule has 0 atom stereocenters. The number of hydrogen-bond donors (Lipinski definition) is 2. The van der Waals surface area contributed by atoms with Gasteiger partial charge in [-0.25, -0.2) is 4.84 Å². The van der Waals surface area contributed by atoms with Crippen LogP contribution < -0.4 is 10.6 Å². The fraction of sp³-hybridized carbons (Fsp3) is 0.714. The van der Waals surface area contributed by atoms with Crippen LogP contribution in [0.25, 0.3) is 0 Å². The van der Waals surface area contributed by atoms with Gasteiger partial charge < -0.3 is 0 Å². The standard InChI is InChI=1S/C7H13N3O3/c1-8-7(9-2)13-10-5(11)3-4-6(10)12/h7-9H,3-4H2,1-2H3. The van der Waals surface area contributed by atoms with Crippen LogP contribution in [0, 0.1) is 0 Å². The first-order valence-corrected chi connectivity index (χ1v) is 4.06. The lowest BCUT2D eigenvalue weighted by Crippen LogP contribution is -2.46. The van der Waals surface area contributed by atoms with Crippen LogP contribution in [0.2, 0.25) is 0 Å². The van der Waals surface area contributed by atoms with Gasteiger partial charge in [0.1, 0.15) is 0 Å². The van der Waals surface area contributed by atoms with Gasteiger partial charge in [0.25, 0.3) is 11.8 Å². The van der Waals surface area contributed by atoms with E-state index in [2.05, 4.69) is 10.6 Å². The number of nitrogens with zero attached hydrogens (tertiary/aromatic N) is 1. The lowest BCUT2D eigenvalue weighted by atomic mass is 10.4. The summed E-state index contributed by atoms with van der Waals surface area (Å²) in [6.45, 7) is 0. The molecule has 2 N–H and O–H groups in total. The first-order valence-electron chi connectivity index (χ1n) is 4.06. The van der Waals surface area contributed by atoms with Gasteiger partial charge in [0.2, 0.25) is 0 Å². The second-order valence-corrected chi connectivity index (χ2v) is 2.64. The second-order valence-electron chi connectivity index (χ2n) is 2.64. The van der Waals surface area contributed by atoms with Gasteiger partial charge in [0.15, 0.2) is 6.35 Å². The van der Waals surface area contributed by atoms with E-state index in [0.29, 0.717) is 0 Å². The molecular formula is C7H13N3O3. The van der Waals surface area contributed by atoms with E-state index in [0.717, 1.165) is 5.06 Å². The molecule has 13 heavy (non-hydrogen) atoms. The quantitative estimate of drug-likeness (QED) is 0.427. The van der Waals surface area contributed by atoms with E-state index in [4.69, 9.17) is 4.84 Å². The van der Waals surface area contributed by atoms with Crippen LogP contribution in [0.5, 0.6) is 0 Å². The highest BCUT2D eigenvalue weighted by Gasteiger charge is 2.31.